The number of amides is 2. The van der Waals surface area contributed by atoms with Crippen LogP contribution in [0.3, 0.4) is 0 Å². The van der Waals surface area contributed by atoms with E-state index in [4.69, 9.17) is 0 Å². The van der Waals surface area contributed by atoms with Gasteiger partial charge in [0.05, 0.1) is 11.9 Å². The fraction of sp³-hybridized carbons (Fsp3) is 0.286. The summed E-state index contributed by atoms with van der Waals surface area (Å²) < 4.78 is 27.6. The van der Waals surface area contributed by atoms with Gasteiger partial charge in [-0.2, -0.15) is 0 Å². The van der Waals surface area contributed by atoms with Crippen LogP contribution in [0.1, 0.15) is 22.3 Å². The minimum absolute atomic E-state index is 0.133. The molecular formula is C28H32BrN3O4S. The molecule has 3 aromatic carbocycles. The van der Waals surface area contributed by atoms with Crippen molar-refractivity contribution in [2.75, 3.05) is 24.2 Å². The summed E-state index contributed by atoms with van der Waals surface area (Å²) in [6.45, 7) is 3.53. The molecule has 7 nitrogen and oxygen atoms in total. The summed E-state index contributed by atoms with van der Waals surface area (Å²) in [6, 6.07) is 21.3. The first kappa shape index (κ1) is 28.4. The summed E-state index contributed by atoms with van der Waals surface area (Å²) in [5, 5.41) is 2.67. The number of rotatable bonds is 10. The number of hydrogen-bond donors (Lipinski definition) is 1. The molecular weight excluding hydrogens is 554 g/mol. The van der Waals surface area contributed by atoms with Crippen LogP contribution in [0, 0.1) is 13.8 Å². The van der Waals surface area contributed by atoms with Gasteiger partial charge in [0, 0.05) is 24.5 Å². The van der Waals surface area contributed by atoms with Crippen LogP contribution >= 0.6 is 15.9 Å². The quantitative estimate of drug-likeness (QED) is 0.386. The van der Waals surface area contributed by atoms with E-state index in [1.807, 2.05) is 74.5 Å². The fourth-order valence-corrected chi connectivity index (χ4v) is 5.34. The molecule has 0 aromatic heterocycles. The summed E-state index contributed by atoms with van der Waals surface area (Å²) in [4.78, 5) is 28.5. The molecule has 0 spiro atoms. The second-order valence-electron chi connectivity index (χ2n) is 9.01. The molecule has 0 aliphatic heterocycles. The molecule has 1 N–H and O–H groups in total. The van der Waals surface area contributed by atoms with Crippen LogP contribution in [0.2, 0.25) is 0 Å². The van der Waals surface area contributed by atoms with Crippen molar-refractivity contribution in [3.05, 3.63) is 99.5 Å². The summed E-state index contributed by atoms with van der Waals surface area (Å²) in [6.07, 6.45) is 1.36. The number of carbonyl (C=O) groups is 2. The molecule has 0 fully saturated rings. The average Bonchev–Trinajstić information content (AvgIpc) is 2.86. The molecule has 1 atom stereocenters. The Hall–Kier alpha value is -3.17. The molecule has 37 heavy (non-hydrogen) atoms. The first-order valence-corrected chi connectivity index (χ1v) is 14.5. The number of anilines is 1. The zero-order valence-corrected chi connectivity index (χ0v) is 23.8. The van der Waals surface area contributed by atoms with Crippen LogP contribution in [0.25, 0.3) is 0 Å². The van der Waals surface area contributed by atoms with Gasteiger partial charge in [-0.1, -0.05) is 64.5 Å². The smallest absolute Gasteiger partial charge is 0.244 e. The van der Waals surface area contributed by atoms with Crippen LogP contribution in [-0.4, -0.2) is 51.0 Å². The Morgan fingerprint density at radius 3 is 2.19 bits per heavy atom. The second-order valence-corrected chi connectivity index (χ2v) is 11.8. The van der Waals surface area contributed by atoms with Crippen molar-refractivity contribution in [2.24, 2.45) is 0 Å². The second kappa shape index (κ2) is 12.4. The van der Waals surface area contributed by atoms with Gasteiger partial charge in [-0.25, -0.2) is 8.42 Å². The van der Waals surface area contributed by atoms with E-state index in [2.05, 4.69) is 21.2 Å². The van der Waals surface area contributed by atoms with Crippen LogP contribution in [0.15, 0.2) is 77.3 Å². The lowest BCUT2D eigenvalue weighted by atomic mass is 10.0. The van der Waals surface area contributed by atoms with Gasteiger partial charge in [-0.3, -0.25) is 13.9 Å². The van der Waals surface area contributed by atoms with Gasteiger partial charge in [-0.15, -0.1) is 0 Å². The molecule has 3 rings (SSSR count). The van der Waals surface area contributed by atoms with Gasteiger partial charge in [0.1, 0.15) is 12.6 Å². The Morgan fingerprint density at radius 2 is 1.59 bits per heavy atom. The monoisotopic (exact) mass is 585 g/mol. The highest BCUT2D eigenvalue weighted by molar-refractivity contribution is 9.10. The molecule has 0 saturated heterocycles. The summed E-state index contributed by atoms with van der Waals surface area (Å²) in [5.41, 5.74) is 4.03. The first-order chi connectivity index (χ1) is 17.5. The molecule has 196 valence electrons. The van der Waals surface area contributed by atoms with Crippen LogP contribution in [0.5, 0.6) is 0 Å². The Morgan fingerprint density at radius 1 is 0.919 bits per heavy atom. The SMILES string of the molecule is CNC(=O)[C@H](Cc1ccccc1)N(Cc1cccc(Br)c1)C(=O)CN(c1ccc(C)c(C)c1)S(C)(=O)=O. The molecule has 0 bridgehead atoms. The van der Waals surface area contributed by atoms with E-state index < -0.39 is 28.5 Å². The predicted molar refractivity (Wildman–Crippen MR) is 151 cm³/mol. The number of halogens is 1. The van der Waals surface area contributed by atoms with Crippen molar-refractivity contribution in [2.45, 2.75) is 32.9 Å². The molecule has 0 aliphatic rings. The van der Waals surface area contributed by atoms with Crippen molar-refractivity contribution in [1.29, 1.82) is 0 Å². The van der Waals surface area contributed by atoms with Gasteiger partial charge >= 0.3 is 0 Å². The van der Waals surface area contributed by atoms with Crippen LogP contribution < -0.4 is 9.62 Å². The predicted octanol–water partition coefficient (Wildman–Crippen LogP) is 4.22. The summed E-state index contributed by atoms with van der Waals surface area (Å²) in [7, 11) is -2.26. The molecule has 0 saturated carbocycles. The first-order valence-electron chi connectivity index (χ1n) is 11.8. The lowest BCUT2D eigenvalue weighted by Crippen LogP contribution is -2.52. The Kier molecular flexibility index (Phi) is 9.50. The summed E-state index contributed by atoms with van der Waals surface area (Å²) in [5.74, 6) is -0.808. The van der Waals surface area contributed by atoms with Crippen molar-refractivity contribution in [3.8, 4) is 0 Å². The third kappa shape index (κ3) is 7.66. The number of benzene rings is 3. The van der Waals surface area contributed by atoms with Crippen LogP contribution in [-0.2, 0) is 32.6 Å². The minimum Gasteiger partial charge on any atom is -0.357 e. The lowest BCUT2D eigenvalue weighted by Gasteiger charge is -2.33. The molecule has 0 heterocycles. The maximum Gasteiger partial charge on any atom is 0.244 e. The normalized spacial score (nSPS) is 12.0. The van der Waals surface area contributed by atoms with E-state index in [-0.39, 0.29) is 18.9 Å². The fourth-order valence-electron chi connectivity index (χ4n) is 4.05. The van der Waals surface area contributed by atoms with Gasteiger partial charge in [0.2, 0.25) is 21.8 Å². The highest BCUT2D eigenvalue weighted by Crippen LogP contribution is 2.23. The van der Waals surface area contributed by atoms with E-state index >= 15 is 0 Å². The van der Waals surface area contributed by atoms with Crippen molar-refractivity contribution >= 4 is 43.5 Å². The number of nitrogens with zero attached hydrogens (tertiary/aromatic N) is 2. The number of sulfonamides is 1. The van der Waals surface area contributed by atoms with Crippen molar-refractivity contribution in [3.63, 3.8) is 0 Å². The van der Waals surface area contributed by atoms with Crippen LogP contribution in [0.4, 0.5) is 5.69 Å². The number of carbonyl (C=O) groups excluding carboxylic acids is 2. The van der Waals surface area contributed by atoms with Crippen molar-refractivity contribution < 1.29 is 18.0 Å². The highest BCUT2D eigenvalue weighted by Gasteiger charge is 2.32. The zero-order chi connectivity index (χ0) is 27.2. The maximum absolute atomic E-state index is 13.9. The van der Waals surface area contributed by atoms with Gasteiger partial charge in [0.25, 0.3) is 0 Å². The zero-order valence-electron chi connectivity index (χ0n) is 21.4. The largest absolute Gasteiger partial charge is 0.357 e. The van der Waals surface area contributed by atoms with Gasteiger partial charge in [0.15, 0.2) is 0 Å². The number of aryl methyl sites for hydroxylation is 2. The number of hydrogen-bond acceptors (Lipinski definition) is 4. The van der Waals surface area contributed by atoms with Gasteiger partial charge < -0.3 is 10.2 Å². The molecule has 9 heteroatoms. The highest BCUT2D eigenvalue weighted by atomic mass is 79.9. The molecule has 0 aliphatic carbocycles. The Bertz CT molecular complexity index is 1360. The third-order valence-corrected chi connectivity index (χ3v) is 7.85. The standard InChI is InChI=1S/C28H32BrN3O4S/c1-20-13-14-25(15-21(20)2)32(37(4,35)36)19-27(33)31(18-23-11-8-12-24(29)16-23)26(28(34)30-3)17-22-9-6-5-7-10-22/h5-16,26H,17-19H2,1-4H3,(H,30,34)/t26-/m0/s1. The summed E-state index contributed by atoms with van der Waals surface area (Å²) >= 11 is 3.46. The molecule has 2 amide bonds. The van der Waals surface area contributed by atoms with Gasteiger partial charge in [-0.05, 0) is 60.4 Å². The van der Waals surface area contributed by atoms with Crippen molar-refractivity contribution in [1.82, 2.24) is 10.2 Å². The molecule has 3 aromatic rings. The molecule has 0 radical (unpaired) electrons. The van der Waals surface area contributed by atoms with E-state index in [0.29, 0.717) is 5.69 Å². The topological polar surface area (TPSA) is 86.8 Å². The lowest BCUT2D eigenvalue weighted by molar-refractivity contribution is -0.139. The number of likely N-dealkylation sites (N-methyl/N-ethyl adjacent to an activating group) is 1. The van der Waals surface area contributed by atoms with E-state index in [1.165, 1.54) is 11.9 Å². The Labute approximate surface area is 227 Å². The van der Waals surface area contributed by atoms with E-state index in [0.717, 1.165) is 37.3 Å². The molecule has 0 unspecified atom stereocenters. The van der Waals surface area contributed by atoms with E-state index in [1.54, 1.807) is 12.1 Å². The van der Waals surface area contributed by atoms with E-state index in [9.17, 15) is 18.0 Å². The minimum atomic E-state index is -3.79. The Balaban J connectivity index is 2.04. The maximum atomic E-state index is 13.9. The number of nitrogens with one attached hydrogen (secondary N) is 1. The average molecular weight is 587 g/mol. The third-order valence-electron chi connectivity index (χ3n) is 6.22.